The molecule has 5 heteroatoms. The van der Waals surface area contributed by atoms with Crippen molar-refractivity contribution in [1.82, 2.24) is 5.32 Å². The lowest BCUT2D eigenvalue weighted by atomic mass is 10.3. The van der Waals surface area contributed by atoms with Gasteiger partial charge in [0.2, 0.25) is 0 Å². The van der Waals surface area contributed by atoms with Crippen molar-refractivity contribution in [3.8, 4) is 0 Å². The molecule has 1 aliphatic rings. The van der Waals surface area contributed by atoms with E-state index in [-0.39, 0.29) is 6.42 Å². The predicted octanol–water partition coefficient (Wildman–Crippen LogP) is -0.931. The summed E-state index contributed by atoms with van der Waals surface area (Å²) in [6.07, 6.45) is 2.08. The van der Waals surface area contributed by atoms with Gasteiger partial charge in [0.25, 0.3) is 0 Å². The van der Waals surface area contributed by atoms with Gasteiger partial charge in [0.15, 0.2) is 6.67 Å². The summed E-state index contributed by atoms with van der Waals surface area (Å²) in [7, 11) is 1.97. The lowest BCUT2D eigenvalue weighted by Gasteiger charge is -2.05. The van der Waals surface area contributed by atoms with Crippen LogP contribution in [0.5, 0.6) is 0 Å². The van der Waals surface area contributed by atoms with Crippen molar-refractivity contribution < 1.29 is 14.8 Å². The number of carboxylic acid groups (broad SMARTS) is 1. The number of thioether (sulfide) groups is 1. The first-order valence-electron chi connectivity index (χ1n) is 3.70. The fourth-order valence-corrected chi connectivity index (χ4v) is 1.91. The summed E-state index contributed by atoms with van der Waals surface area (Å²) in [6, 6.07) is 0. The van der Waals surface area contributed by atoms with E-state index >= 15 is 0 Å². The molecule has 0 aliphatic carbocycles. The van der Waals surface area contributed by atoms with Gasteiger partial charge >= 0.3 is 5.97 Å². The smallest absolute Gasteiger partial charge is 0.313 e. The summed E-state index contributed by atoms with van der Waals surface area (Å²) in [5.74, 6) is -0.764. The molecule has 1 aliphatic heterocycles. The molecule has 0 amide bonds. The Morgan fingerprint density at radius 3 is 3.00 bits per heavy atom. The number of hydrogen-bond acceptors (Lipinski definition) is 3. The summed E-state index contributed by atoms with van der Waals surface area (Å²) in [5.41, 5.74) is 0.954. The third-order valence-corrected chi connectivity index (χ3v) is 2.63. The van der Waals surface area contributed by atoms with Gasteiger partial charge in [-0.1, -0.05) is 0 Å². The van der Waals surface area contributed by atoms with Crippen molar-refractivity contribution in [3.05, 3.63) is 10.7 Å². The molecular formula is C7H13N2O2S+. The molecular weight excluding hydrogens is 176 g/mol. The summed E-state index contributed by atoms with van der Waals surface area (Å²) >= 11 is 1.57. The SMILES string of the molecule is CSC1=C(CC(=O)O)[NH+](C)CN1. The normalized spacial score (nSPS) is 22.7. The molecule has 0 aromatic heterocycles. The number of nitrogens with one attached hydrogen (secondary N) is 2. The standard InChI is InChI=1S/C7H12N2O2S/c1-9-4-8-7(12-2)5(9)3-6(10)11/h8H,3-4H2,1-2H3,(H,10,11)/p+1. The number of carbonyl (C=O) groups is 1. The van der Waals surface area contributed by atoms with Crippen LogP contribution in [0.4, 0.5) is 0 Å². The average molecular weight is 189 g/mol. The number of rotatable bonds is 3. The first kappa shape index (κ1) is 9.41. The van der Waals surface area contributed by atoms with Gasteiger partial charge in [-0.05, 0) is 6.26 Å². The van der Waals surface area contributed by atoms with E-state index in [9.17, 15) is 4.79 Å². The van der Waals surface area contributed by atoms with Crippen molar-refractivity contribution in [2.75, 3.05) is 20.0 Å². The van der Waals surface area contributed by atoms with Crippen LogP contribution < -0.4 is 10.2 Å². The molecule has 4 nitrogen and oxygen atoms in total. The minimum atomic E-state index is -0.764. The maximum atomic E-state index is 10.5. The number of quaternary nitrogens is 1. The monoisotopic (exact) mass is 189 g/mol. The predicted molar refractivity (Wildman–Crippen MR) is 47.7 cm³/mol. The summed E-state index contributed by atoms with van der Waals surface area (Å²) in [5, 5.41) is 12.8. The third kappa shape index (κ3) is 1.92. The summed E-state index contributed by atoms with van der Waals surface area (Å²) in [4.78, 5) is 11.6. The first-order valence-corrected chi connectivity index (χ1v) is 4.93. The summed E-state index contributed by atoms with van der Waals surface area (Å²) < 4.78 is 0. The fraction of sp³-hybridized carbons (Fsp3) is 0.571. The minimum absolute atomic E-state index is 0.134. The molecule has 0 saturated heterocycles. The van der Waals surface area contributed by atoms with Gasteiger partial charge in [0, 0.05) is 0 Å². The summed E-state index contributed by atoms with van der Waals surface area (Å²) in [6.45, 7) is 0.790. The lowest BCUT2D eigenvalue weighted by Crippen LogP contribution is -3.06. The highest BCUT2D eigenvalue weighted by Crippen LogP contribution is 2.14. The second kappa shape index (κ2) is 3.82. The van der Waals surface area contributed by atoms with E-state index in [1.165, 1.54) is 0 Å². The first-order chi connectivity index (χ1) is 5.65. The third-order valence-electron chi connectivity index (χ3n) is 1.84. The highest BCUT2D eigenvalue weighted by atomic mass is 32.2. The zero-order valence-corrected chi connectivity index (χ0v) is 7.99. The van der Waals surface area contributed by atoms with Crippen LogP contribution in [0.25, 0.3) is 0 Å². The minimum Gasteiger partial charge on any atom is -0.481 e. The van der Waals surface area contributed by atoms with Crippen molar-refractivity contribution >= 4 is 17.7 Å². The topological polar surface area (TPSA) is 53.8 Å². The van der Waals surface area contributed by atoms with Crippen LogP contribution in [-0.4, -0.2) is 31.0 Å². The van der Waals surface area contributed by atoms with Crippen LogP contribution in [-0.2, 0) is 4.79 Å². The van der Waals surface area contributed by atoms with E-state index in [0.717, 1.165) is 22.3 Å². The Labute approximate surface area is 75.6 Å². The van der Waals surface area contributed by atoms with E-state index in [4.69, 9.17) is 5.11 Å². The largest absolute Gasteiger partial charge is 0.481 e. The Hall–Kier alpha value is -0.680. The molecule has 12 heavy (non-hydrogen) atoms. The van der Waals surface area contributed by atoms with Crippen LogP contribution in [0, 0.1) is 0 Å². The molecule has 3 N–H and O–H groups in total. The van der Waals surface area contributed by atoms with E-state index < -0.39 is 5.97 Å². The van der Waals surface area contributed by atoms with Gasteiger partial charge in [-0.2, -0.15) is 0 Å². The molecule has 0 aromatic carbocycles. The van der Waals surface area contributed by atoms with Gasteiger partial charge in [0.1, 0.15) is 17.1 Å². The molecule has 0 fully saturated rings. The number of aliphatic carboxylic acids is 1. The van der Waals surface area contributed by atoms with Gasteiger partial charge in [-0.15, -0.1) is 11.8 Å². The number of hydrogen-bond donors (Lipinski definition) is 3. The maximum absolute atomic E-state index is 10.5. The highest BCUT2D eigenvalue weighted by molar-refractivity contribution is 8.02. The van der Waals surface area contributed by atoms with Gasteiger partial charge in [-0.3, -0.25) is 9.69 Å². The van der Waals surface area contributed by atoms with Crippen LogP contribution >= 0.6 is 11.8 Å². The molecule has 1 rings (SSSR count). The second-order valence-electron chi connectivity index (χ2n) is 2.72. The Balaban J connectivity index is 2.73. The Bertz CT molecular complexity index is 227. The molecule has 68 valence electrons. The number of carboxylic acids is 1. The molecule has 0 bridgehead atoms. The van der Waals surface area contributed by atoms with E-state index in [0.29, 0.717) is 0 Å². The lowest BCUT2D eigenvalue weighted by molar-refractivity contribution is -0.835. The molecule has 1 heterocycles. The maximum Gasteiger partial charge on any atom is 0.313 e. The van der Waals surface area contributed by atoms with E-state index in [2.05, 4.69) is 5.32 Å². The Morgan fingerprint density at radius 2 is 2.50 bits per heavy atom. The van der Waals surface area contributed by atoms with Crippen molar-refractivity contribution in [1.29, 1.82) is 0 Å². The van der Waals surface area contributed by atoms with Crippen LogP contribution in [0.1, 0.15) is 6.42 Å². The van der Waals surface area contributed by atoms with Gasteiger partial charge in [0.05, 0.1) is 7.05 Å². The Kier molecular flexibility index (Phi) is 2.99. The molecule has 0 radical (unpaired) electrons. The van der Waals surface area contributed by atoms with Crippen molar-refractivity contribution in [2.45, 2.75) is 6.42 Å². The van der Waals surface area contributed by atoms with Crippen molar-refractivity contribution in [2.24, 2.45) is 0 Å². The second-order valence-corrected chi connectivity index (χ2v) is 3.53. The fourth-order valence-electron chi connectivity index (χ4n) is 1.20. The Morgan fingerprint density at radius 1 is 1.83 bits per heavy atom. The van der Waals surface area contributed by atoms with E-state index in [1.54, 1.807) is 11.8 Å². The highest BCUT2D eigenvalue weighted by Gasteiger charge is 2.25. The quantitative estimate of drug-likeness (QED) is 0.537. The van der Waals surface area contributed by atoms with Crippen LogP contribution in [0.3, 0.4) is 0 Å². The van der Waals surface area contributed by atoms with Gasteiger partial charge < -0.3 is 10.4 Å². The van der Waals surface area contributed by atoms with E-state index in [1.807, 2.05) is 13.3 Å². The van der Waals surface area contributed by atoms with Crippen molar-refractivity contribution in [3.63, 3.8) is 0 Å². The molecule has 0 spiro atoms. The van der Waals surface area contributed by atoms with Gasteiger partial charge in [-0.25, -0.2) is 0 Å². The molecule has 0 aromatic rings. The molecule has 1 atom stereocenters. The van der Waals surface area contributed by atoms with Crippen LogP contribution in [0.2, 0.25) is 0 Å². The average Bonchev–Trinajstić information content (AvgIpc) is 2.32. The zero-order chi connectivity index (χ0) is 9.14. The molecule has 1 unspecified atom stereocenters. The zero-order valence-electron chi connectivity index (χ0n) is 7.18. The molecule has 0 saturated carbocycles. The van der Waals surface area contributed by atoms with Crippen LogP contribution in [0.15, 0.2) is 10.7 Å².